The quantitative estimate of drug-likeness (QED) is 0.541. The van der Waals surface area contributed by atoms with Gasteiger partial charge in [-0.1, -0.05) is 22.9 Å². The van der Waals surface area contributed by atoms with E-state index in [1.165, 1.54) is 39.9 Å². The van der Waals surface area contributed by atoms with Crippen LogP contribution in [0.5, 0.6) is 0 Å². The number of aryl methyl sites for hydroxylation is 1. The molecule has 1 N–H and O–H groups in total. The third kappa shape index (κ3) is 5.07. The average molecular weight is 528 g/mol. The van der Waals surface area contributed by atoms with Crippen LogP contribution in [0, 0.1) is 12.8 Å². The predicted octanol–water partition coefficient (Wildman–Crippen LogP) is 3.70. The van der Waals surface area contributed by atoms with Crippen molar-refractivity contribution < 1.29 is 21.6 Å². The number of amides is 1. The Morgan fingerprint density at radius 1 is 1.09 bits per heavy atom. The van der Waals surface area contributed by atoms with Gasteiger partial charge in [-0.15, -0.1) is 0 Å². The minimum absolute atomic E-state index is 0.0290. The van der Waals surface area contributed by atoms with Crippen LogP contribution in [0.15, 0.2) is 46.2 Å². The molecule has 1 fully saturated rings. The number of anilines is 1. The highest BCUT2D eigenvalue weighted by atomic mass is 35.5. The second kappa shape index (κ2) is 8.95. The third-order valence-corrected chi connectivity index (χ3v) is 9.77. The summed E-state index contributed by atoms with van der Waals surface area (Å²) in [6.45, 7) is 2.30. The highest BCUT2D eigenvalue weighted by Crippen LogP contribution is 2.32. The molecule has 4 rings (SSSR count). The van der Waals surface area contributed by atoms with E-state index in [0.717, 1.165) is 22.0 Å². The maximum absolute atomic E-state index is 12.9. The van der Waals surface area contributed by atoms with Gasteiger partial charge in [0, 0.05) is 30.3 Å². The van der Waals surface area contributed by atoms with E-state index in [-0.39, 0.29) is 34.7 Å². The zero-order valence-corrected chi connectivity index (χ0v) is 21.1. The molecule has 0 aliphatic carbocycles. The molecule has 1 aliphatic heterocycles. The van der Waals surface area contributed by atoms with Crippen LogP contribution in [0.3, 0.4) is 0 Å². The normalized spacial score (nSPS) is 16.2. The summed E-state index contributed by atoms with van der Waals surface area (Å²) < 4.78 is 51.3. The Hall–Kier alpha value is -2.05. The number of hydrogen-bond acceptors (Lipinski definition) is 7. The molecule has 0 radical (unpaired) electrons. The molecule has 0 unspecified atom stereocenters. The maximum Gasteiger partial charge on any atom is 0.243 e. The zero-order chi connectivity index (χ0) is 24.0. The van der Waals surface area contributed by atoms with Gasteiger partial charge in [0.15, 0.2) is 15.0 Å². The molecule has 2 aromatic carbocycles. The topological polar surface area (TPSA) is 114 Å². The summed E-state index contributed by atoms with van der Waals surface area (Å²) in [4.78, 5) is 17.3. The Bertz CT molecular complexity index is 1430. The molecule has 33 heavy (non-hydrogen) atoms. The molecular formula is C21H22ClN3O5S3. The highest BCUT2D eigenvalue weighted by Gasteiger charge is 2.32. The van der Waals surface area contributed by atoms with Gasteiger partial charge in [0.2, 0.25) is 15.9 Å². The number of thiazole rings is 1. The lowest BCUT2D eigenvalue weighted by Crippen LogP contribution is -2.41. The first-order valence-electron chi connectivity index (χ1n) is 10.1. The molecule has 1 aliphatic rings. The van der Waals surface area contributed by atoms with Crippen molar-refractivity contribution in [1.29, 1.82) is 0 Å². The SMILES string of the molecule is Cc1cc(Cl)cc2sc(NC(=O)C3CCN(S(=O)(=O)c4ccc(S(C)(=O)=O)cc4)CC3)nc12. The van der Waals surface area contributed by atoms with Gasteiger partial charge in [-0.25, -0.2) is 21.8 Å². The Labute approximate surface area is 201 Å². The molecule has 1 saturated heterocycles. The summed E-state index contributed by atoms with van der Waals surface area (Å²) in [6.07, 6.45) is 1.82. The van der Waals surface area contributed by atoms with Gasteiger partial charge >= 0.3 is 0 Å². The van der Waals surface area contributed by atoms with Gasteiger partial charge in [-0.05, 0) is 61.7 Å². The van der Waals surface area contributed by atoms with Crippen LogP contribution in [0.2, 0.25) is 5.02 Å². The van der Waals surface area contributed by atoms with Crippen LogP contribution in [0.1, 0.15) is 18.4 Å². The van der Waals surface area contributed by atoms with Crippen molar-refractivity contribution in [2.24, 2.45) is 5.92 Å². The van der Waals surface area contributed by atoms with Crippen molar-refractivity contribution in [3.05, 3.63) is 47.0 Å². The fourth-order valence-electron chi connectivity index (χ4n) is 3.78. The van der Waals surface area contributed by atoms with E-state index in [9.17, 15) is 21.6 Å². The summed E-state index contributed by atoms with van der Waals surface area (Å²) in [5.74, 6) is -0.520. The van der Waals surface area contributed by atoms with Crippen molar-refractivity contribution >= 4 is 64.1 Å². The second-order valence-corrected chi connectivity index (χ2v) is 13.4. The minimum Gasteiger partial charge on any atom is -0.302 e. The van der Waals surface area contributed by atoms with Gasteiger partial charge in [-0.3, -0.25) is 4.79 Å². The van der Waals surface area contributed by atoms with Crippen LogP contribution in [-0.2, 0) is 24.7 Å². The van der Waals surface area contributed by atoms with E-state index >= 15 is 0 Å². The number of benzene rings is 2. The first-order chi connectivity index (χ1) is 15.4. The van der Waals surface area contributed by atoms with Gasteiger partial charge in [0.05, 0.1) is 20.0 Å². The predicted molar refractivity (Wildman–Crippen MR) is 129 cm³/mol. The number of aromatic nitrogens is 1. The standard InChI is InChI=1S/C21H22ClN3O5S3/c1-13-11-15(22)12-18-19(13)23-21(31-18)24-20(26)14-7-9-25(10-8-14)33(29,30)17-5-3-16(4-6-17)32(2,27)28/h3-6,11-12,14H,7-10H2,1-2H3,(H,23,24,26). The van der Waals surface area contributed by atoms with E-state index in [2.05, 4.69) is 10.3 Å². The lowest BCUT2D eigenvalue weighted by Gasteiger charge is -2.30. The monoisotopic (exact) mass is 527 g/mol. The number of sulfonamides is 1. The number of nitrogens with zero attached hydrogens (tertiary/aromatic N) is 2. The molecule has 0 bridgehead atoms. The molecule has 3 aromatic rings. The third-order valence-electron chi connectivity index (χ3n) is 5.59. The molecule has 0 saturated carbocycles. The minimum atomic E-state index is -3.77. The van der Waals surface area contributed by atoms with Crippen molar-refractivity contribution in [2.45, 2.75) is 29.6 Å². The molecule has 2 heterocycles. The second-order valence-electron chi connectivity index (χ2n) is 8.00. The Balaban J connectivity index is 1.41. The van der Waals surface area contributed by atoms with Gasteiger partial charge in [0.1, 0.15) is 0 Å². The lowest BCUT2D eigenvalue weighted by atomic mass is 9.97. The maximum atomic E-state index is 12.9. The molecule has 8 nitrogen and oxygen atoms in total. The van der Waals surface area contributed by atoms with Crippen molar-refractivity contribution in [3.8, 4) is 0 Å². The number of piperidine rings is 1. The van der Waals surface area contributed by atoms with Crippen LogP contribution >= 0.6 is 22.9 Å². The summed E-state index contributed by atoms with van der Waals surface area (Å²) in [5, 5.41) is 3.95. The van der Waals surface area contributed by atoms with Gasteiger partial charge < -0.3 is 5.32 Å². The van der Waals surface area contributed by atoms with Crippen LogP contribution < -0.4 is 5.32 Å². The van der Waals surface area contributed by atoms with Gasteiger partial charge in [-0.2, -0.15) is 4.31 Å². The number of rotatable bonds is 5. The molecule has 1 amide bonds. The number of hydrogen-bond donors (Lipinski definition) is 1. The summed E-state index contributed by atoms with van der Waals surface area (Å²) in [7, 11) is -7.18. The molecule has 12 heteroatoms. The Kier molecular flexibility index (Phi) is 6.53. The molecule has 0 atom stereocenters. The zero-order valence-electron chi connectivity index (χ0n) is 17.9. The number of carbonyl (C=O) groups is 1. The van der Waals surface area contributed by atoms with E-state index in [1.54, 1.807) is 0 Å². The fraction of sp³-hybridized carbons (Fsp3) is 0.333. The first-order valence-corrected chi connectivity index (χ1v) is 14.7. The summed E-state index contributed by atoms with van der Waals surface area (Å²) in [5.41, 5.74) is 1.72. The number of carbonyl (C=O) groups excluding carboxylic acids is 1. The molecule has 176 valence electrons. The highest BCUT2D eigenvalue weighted by molar-refractivity contribution is 7.90. The number of nitrogens with one attached hydrogen (secondary N) is 1. The van der Waals surface area contributed by atoms with Crippen molar-refractivity contribution in [2.75, 3.05) is 24.7 Å². The molecule has 1 aromatic heterocycles. The Morgan fingerprint density at radius 2 is 1.70 bits per heavy atom. The van der Waals surface area contributed by atoms with E-state index < -0.39 is 19.9 Å². The number of sulfone groups is 1. The van der Waals surface area contributed by atoms with E-state index in [0.29, 0.717) is 23.0 Å². The number of fused-ring (bicyclic) bond motifs is 1. The van der Waals surface area contributed by atoms with Crippen LogP contribution in [-0.4, -0.2) is 51.4 Å². The lowest BCUT2D eigenvalue weighted by molar-refractivity contribution is -0.120. The Morgan fingerprint density at radius 3 is 2.30 bits per heavy atom. The van der Waals surface area contributed by atoms with Crippen LogP contribution in [0.25, 0.3) is 10.2 Å². The van der Waals surface area contributed by atoms with Crippen molar-refractivity contribution in [1.82, 2.24) is 9.29 Å². The summed E-state index contributed by atoms with van der Waals surface area (Å²) in [6, 6.07) is 8.80. The average Bonchev–Trinajstić information content (AvgIpc) is 3.16. The van der Waals surface area contributed by atoms with Crippen molar-refractivity contribution in [3.63, 3.8) is 0 Å². The molecular weight excluding hydrogens is 506 g/mol. The number of halogens is 1. The largest absolute Gasteiger partial charge is 0.302 e. The van der Waals surface area contributed by atoms with Gasteiger partial charge in [0.25, 0.3) is 0 Å². The molecule has 0 spiro atoms. The van der Waals surface area contributed by atoms with Crippen LogP contribution in [0.4, 0.5) is 5.13 Å². The van der Waals surface area contributed by atoms with E-state index in [1.807, 2.05) is 19.1 Å². The fourth-order valence-corrected chi connectivity index (χ4v) is 7.21. The van der Waals surface area contributed by atoms with E-state index in [4.69, 9.17) is 11.6 Å². The summed E-state index contributed by atoms with van der Waals surface area (Å²) >= 11 is 7.44. The first kappa shape index (κ1) is 24.1. The smallest absolute Gasteiger partial charge is 0.243 e.